The molecule has 3 rings (SSSR count). The number of hydrogen-bond acceptors (Lipinski definition) is 3. The molecule has 1 N–H and O–H groups in total. The van der Waals surface area contributed by atoms with Gasteiger partial charge in [-0.1, -0.05) is 13.0 Å². The van der Waals surface area contributed by atoms with Crippen molar-refractivity contribution in [3.05, 3.63) is 22.4 Å². The zero-order valence-corrected chi connectivity index (χ0v) is 12.5. The molecule has 1 saturated carbocycles. The smallest absolute Gasteiger partial charge is 0.309 e. The molecule has 4 nitrogen and oxygen atoms in total. The van der Waals surface area contributed by atoms with Crippen molar-refractivity contribution in [2.45, 2.75) is 44.6 Å². The number of imide groups is 1. The van der Waals surface area contributed by atoms with E-state index in [0.29, 0.717) is 12.5 Å². The van der Waals surface area contributed by atoms with Crippen LogP contribution in [0.2, 0.25) is 0 Å². The van der Waals surface area contributed by atoms with E-state index in [2.05, 4.69) is 18.3 Å². The Hall–Kier alpha value is -1.36. The van der Waals surface area contributed by atoms with E-state index in [0.717, 1.165) is 32.1 Å². The van der Waals surface area contributed by atoms with E-state index in [4.69, 9.17) is 0 Å². The predicted molar refractivity (Wildman–Crippen MR) is 78.6 cm³/mol. The van der Waals surface area contributed by atoms with Gasteiger partial charge in [0.1, 0.15) is 5.54 Å². The maximum atomic E-state index is 12.3. The van der Waals surface area contributed by atoms with Crippen LogP contribution in [-0.4, -0.2) is 28.9 Å². The summed E-state index contributed by atoms with van der Waals surface area (Å²) in [6.07, 6.45) is 4.48. The summed E-state index contributed by atoms with van der Waals surface area (Å²) in [4.78, 5) is 27.4. The van der Waals surface area contributed by atoms with Crippen molar-refractivity contribution >= 4 is 23.3 Å². The summed E-state index contributed by atoms with van der Waals surface area (Å²) >= 11 is 1.70. The Labute approximate surface area is 123 Å². The van der Waals surface area contributed by atoms with Crippen LogP contribution in [0.3, 0.4) is 0 Å². The van der Waals surface area contributed by atoms with Crippen molar-refractivity contribution in [3.8, 4) is 0 Å². The fraction of sp³-hybridized carbons (Fsp3) is 0.600. The summed E-state index contributed by atoms with van der Waals surface area (Å²) in [6.45, 7) is 2.85. The van der Waals surface area contributed by atoms with Gasteiger partial charge in [-0.15, -0.1) is 11.3 Å². The standard InChI is InChI=1S/C15H20N2O2S/c1-11-4-7-15(8-5-11)13(18)16-14(19)17(15)9-6-12-3-2-10-20-12/h2-3,10-11H,4-9H2,1H3,(H,16,18,19). The van der Waals surface area contributed by atoms with Crippen molar-refractivity contribution in [2.24, 2.45) is 5.92 Å². The molecule has 1 spiro atoms. The van der Waals surface area contributed by atoms with Gasteiger partial charge in [0.05, 0.1) is 0 Å². The summed E-state index contributed by atoms with van der Waals surface area (Å²) < 4.78 is 0. The van der Waals surface area contributed by atoms with E-state index in [1.807, 2.05) is 11.4 Å². The van der Waals surface area contributed by atoms with Crippen molar-refractivity contribution in [1.82, 2.24) is 10.2 Å². The van der Waals surface area contributed by atoms with Crippen LogP contribution in [0.1, 0.15) is 37.5 Å². The molecule has 1 aliphatic heterocycles. The molecule has 2 aliphatic rings. The molecule has 5 heteroatoms. The van der Waals surface area contributed by atoms with E-state index >= 15 is 0 Å². The van der Waals surface area contributed by atoms with Crippen LogP contribution in [0.15, 0.2) is 17.5 Å². The average Bonchev–Trinajstić information content (AvgIpc) is 3.00. The van der Waals surface area contributed by atoms with Crippen LogP contribution < -0.4 is 5.32 Å². The molecule has 108 valence electrons. The monoisotopic (exact) mass is 292 g/mol. The lowest BCUT2D eigenvalue weighted by molar-refractivity contribution is -0.128. The second kappa shape index (κ2) is 5.20. The molecule has 2 heterocycles. The molecule has 2 fully saturated rings. The van der Waals surface area contributed by atoms with Gasteiger partial charge in [-0.2, -0.15) is 0 Å². The first-order valence-corrected chi connectivity index (χ1v) is 8.15. The number of hydrogen-bond donors (Lipinski definition) is 1. The number of carbonyl (C=O) groups is 2. The Morgan fingerprint density at radius 2 is 2.15 bits per heavy atom. The topological polar surface area (TPSA) is 49.4 Å². The van der Waals surface area contributed by atoms with Gasteiger partial charge in [0, 0.05) is 11.4 Å². The van der Waals surface area contributed by atoms with Crippen molar-refractivity contribution in [3.63, 3.8) is 0 Å². The van der Waals surface area contributed by atoms with E-state index in [1.54, 1.807) is 16.2 Å². The lowest BCUT2D eigenvalue weighted by Gasteiger charge is -2.40. The Morgan fingerprint density at radius 3 is 2.80 bits per heavy atom. The van der Waals surface area contributed by atoms with Gasteiger partial charge in [-0.3, -0.25) is 10.1 Å². The quantitative estimate of drug-likeness (QED) is 0.871. The fourth-order valence-corrected chi connectivity index (χ4v) is 4.03. The number of urea groups is 1. The van der Waals surface area contributed by atoms with Gasteiger partial charge in [0.2, 0.25) is 0 Å². The molecule has 0 atom stereocenters. The Morgan fingerprint density at radius 1 is 1.40 bits per heavy atom. The second-order valence-corrected chi connectivity index (χ2v) is 6.99. The first kappa shape index (κ1) is 13.6. The maximum absolute atomic E-state index is 12.3. The molecule has 3 amide bonds. The third kappa shape index (κ3) is 2.24. The fourth-order valence-electron chi connectivity index (χ4n) is 3.33. The Balaban J connectivity index is 1.76. The second-order valence-electron chi connectivity index (χ2n) is 5.95. The zero-order valence-electron chi connectivity index (χ0n) is 11.7. The minimum Gasteiger partial charge on any atom is -0.309 e. The summed E-state index contributed by atoms with van der Waals surface area (Å²) in [5.41, 5.74) is -0.569. The number of nitrogens with zero attached hydrogens (tertiary/aromatic N) is 1. The van der Waals surface area contributed by atoms with Gasteiger partial charge in [-0.25, -0.2) is 4.79 Å². The van der Waals surface area contributed by atoms with Crippen molar-refractivity contribution < 1.29 is 9.59 Å². The number of thiophene rings is 1. The van der Waals surface area contributed by atoms with Crippen LogP contribution in [0, 0.1) is 5.92 Å². The van der Waals surface area contributed by atoms with Crippen molar-refractivity contribution in [2.75, 3.05) is 6.54 Å². The van der Waals surface area contributed by atoms with Crippen LogP contribution >= 0.6 is 11.3 Å². The van der Waals surface area contributed by atoms with Crippen LogP contribution in [-0.2, 0) is 11.2 Å². The minimum atomic E-state index is -0.569. The molecule has 0 unspecified atom stereocenters. The molecule has 0 radical (unpaired) electrons. The highest BCUT2D eigenvalue weighted by Gasteiger charge is 2.53. The lowest BCUT2D eigenvalue weighted by atomic mass is 9.76. The zero-order chi connectivity index (χ0) is 14.2. The number of carbonyl (C=O) groups excluding carboxylic acids is 2. The van der Waals surface area contributed by atoms with Crippen LogP contribution in [0.5, 0.6) is 0 Å². The molecule has 1 aliphatic carbocycles. The van der Waals surface area contributed by atoms with Gasteiger partial charge >= 0.3 is 6.03 Å². The summed E-state index contributed by atoms with van der Waals surface area (Å²) in [5.74, 6) is 0.573. The summed E-state index contributed by atoms with van der Waals surface area (Å²) in [5, 5.41) is 4.57. The first-order valence-electron chi connectivity index (χ1n) is 7.27. The Bertz CT molecular complexity index is 504. The van der Waals surface area contributed by atoms with Gasteiger partial charge in [0.15, 0.2) is 0 Å². The van der Waals surface area contributed by atoms with Crippen LogP contribution in [0.4, 0.5) is 4.79 Å². The van der Waals surface area contributed by atoms with Gasteiger partial charge in [0.25, 0.3) is 5.91 Å². The largest absolute Gasteiger partial charge is 0.325 e. The van der Waals surface area contributed by atoms with Crippen molar-refractivity contribution in [1.29, 1.82) is 0 Å². The number of amides is 3. The molecule has 0 bridgehead atoms. The molecular weight excluding hydrogens is 272 g/mol. The maximum Gasteiger partial charge on any atom is 0.325 e. The van der Waals surface area contributed by atoms with E-state index in [9.17, 15) is 9.59 Å². The third-order valence-electron chi connectivity index (χ3n) is 4.67. The normalized spacial score (nSPS) is 30.1. The van der Waals surface area contributed by atoms with E-state index in [1.165, 1.54) is 4.88 Å². The molecule has 0 aromatic carbocycles. The molecular formula is C15H20N2O2S. The average molecular weight is 292 g/mol. The Kier molecular flexibility index (Phi) is 3.54. The highest BCUT2D eigenvalue weighted by atomic mass is 32.1. The highest BCUT2D eigenvalue weighted by molar-refractivity contribution is 7.09. The SMILES string of the molecule is CC1CCC2(CC1)C(=O)NC(=O)N2CCc1cccs1. The summed E-state index contributed by atoms with van der Waals surface area (Å²) in [7, 11) is 0. The molecule has 1 aromatic rings. The molecule has 1 aromatic heterocycles. The van der Waals surface area contributed by atoms with E-state index < -0.39 is 5.54 Å². The first-order chi connectivity index (χ1) is 9.62. The highest BCUT2D eigenvalue weighted by Crippen LogP contribution is 2.39. The van der Waals surface area contributed by atoms with Gasteiger partial charge in [-0.05, 0) is 49.5 Å². The molecule has 1 saturated heterocycles. The third-order valence-corrected chi connectivity index (χ3v) is 5.60. The molecule has 20 heavy (non-hydrogen) atoms. The number of rotatable bonds is 3. The minimum absolute atomic E-state index is 0.0828. The number of nitrogens with one attached hydrogen (secondary N) is 1. The van der Waals surface area contributed by atoms with Gasteiger partial charge < -0.3 is 4.90 Å². The predicted octanol–water partition coefficient (Wildman–Crippen LogP) is 2.79. The lowest BCUT2D eigenvalue weighted by Crippen LogP contribution is -2.52. The van der Waals surface area contributed by atoms with Crippen LogP contribution in [0.25, 0.3) is 0 Å². The summed E-state index contributed by atoms with van der Waals surface area (Å²) in [6, 6.07) is 3.89. The van der Waals surface area contributed by atoms with E-state index in [-0.39, 0.29) is 11.9 Å².